The Morgan fingerprint density at radius 2 is 1.58 bits per heavy atom. The Labute approximate surface area is 141 Å². The molecule has 0 radical (unpaired) electrons. The van der Waals surface area contributed by atoms with Crippen LogP contribution < -0.4 is 4.74 Å². The summed E-state index contributed by atoms with van der Waals surface area (Å²) in [4.78, 5) is 0. The Morgan fingerprint density at radius 1 is 0.792 bits per heavy atom. The lowest BCUT2D eigenvalue weighted by molar-refractivity contribution is 0.306. The zero-order chi connectivity index (χ0) is 16.8. The standard InChI is InChI=1S/C21H14N2O/c22-13-17-4-3-6-20(12-17)24-15-16-8-10-18(11-9-16)21-7-2-1-5-19(21)14-23/h1-12H,15H2. The molecule has 24 heavy (non-hydrogen) atoms. The van der Waals surface area contributed by atoms with Crippen molar-refractivity contribution in [2.24, 2.45) is 0 Å². The van der Waals surface area contributed by atoms with Gasteiger partial charge >= 0.3 is 0 Å². The predicted octanol–water partition coefficient (Wildman–Crippen LogP) is 4.68. The van der Waals surface area contributed by atoms with Gasteiger partial charge in [0.05, 0.1) is 23.3 Å². The van der Waals surface area contributed by atoms with Crippen LogP contribution in [0.1, 0.15) is 16.7 Å². The highest BCUT2D eigenvalue weighted by Crippen LogP contribution is 2.24. The van der Waals surface area contributed by atoms with Gasteiger partial charge in [0.1, 0.15) is 12.4 Å². The molecular formula is C21H14N2O. The highest BCUT2D eigenvalue weighted by atomic mass is 16.5. The molecule has 0 N–H and O–H groups in total. The third-order valence-corrected chi connectivity index (χ3v) is 3.68. The monoisotopic (exact) mass is 310 g/mol. The number of ether oxygens (including phenoxy) is 1. The van der Waals surface area contributed by atoms with Gasteiger partial charge in [-0.2, -0.15) is 10.5 Å². The zero-order valence-corrected chi connectivity index (χ0v) is 12.9. The van der Waals surface area contributed by atoms with Crippen LogP contribution in [0.25, 0.3) is 11.1 Å². The first-order valence-electron chi connectivity index (χ1n) is 7.51. The maximum absolute atomic E-state index is 9.19. The summed E-state index contributed by atoms with van der Waals surface area (Å²) < 4.78 is 5.72. The molecule has 0 aliphatic heterocycles. The Hall–Kier alpha value is -3.56. The fourth-order valence-corrected chi connectivity index (χ4v) is 2.43. The van der Waals surface area contributed by atoms with Crippen LogP contribution in [0, 0.1) is 22.7 Å². The van der Waals surface area contributed by atoms with Gasteiger partial charge in [-0.1, -0.05) is 48.5 Å². The molecule has 3 nitrogen and oxygen atoms in total. The quantitative estimate of drug-likeness (QED) is 0.703. The molecule has 3 aromatic carbocycles. The van der Waals surface area contributed by atoms with E-state index >= 15 is 0 Å². The lowest BCUT2D eigenvalue weighted by atomic mass is 9.99. The van der Waals surface area contributed by atoms with Gasteiger partial charge in [0.25, 0.3) is 0 Å². The van der Waals surface area contributed by atoms with Crippen molar-refractivity contribution in [3.63, 3.8) is 0 Å². The molecule has 0 aliphatic rings. The number of nitrogens with zero attached hydrogens (tertiary/aromatic N) is 2. The first-order chi connectivity index (χ1) is 11.8. The van der Waals surface area contributed by atoms with Gasteiger partial charge in [-0.25, -0.2) is 0 Å². The van der Waals surface area contributed by atoms with Gasteiger partial charge in [-0.15, -0.1) is 0 Å². The molecule has 0 fully saturated rings. The Balaban J connectivity index is 1.73. The Kier molecular flexibility index (Phi) is 4.56. The van der Waals surface area contributed by atoms with Crippen molar-refractivity contribution in [1.82, 2.24) is 0 Å². The molecular weight excluding hydrogens is 296 g/mol. The van der Waals surface area contributed by atoms with E-state index in [-0.39, 0.29) is 0 Å². The minimum Gasteiger partial charge on any atom is -0.489 e. The van der Waals surface area contributed by atoms with Gasteiger partial charge in [0.2, 0.25) is 0 Å². The van der Waals surface area contributed by atoms with Crippen molar-refractivity contribution in [3.05, 3.63) is 89.5 Å². The van der Waals surface area contributed by atoms with Crippen molar-refractivity contribution < 1.29 is 4.74 Å². The summed E-state index contributed by atoms with van der Waals surface area (Å²) in [5.74, 6) is 0.674. The normalized spacial score (nSPS) is 9.75. The highest BCUT2D eigenvalue weighted by Gasteiger charge is 2.04. The molecule has 0 saturated carbocycles. The topological polar surface area (TPSA) is 56.8 Å². The van der Waals surface area contributed by atoms with Crippen molar-refractivity contribution >= 4 is 0 Å². The maximum Gasteiger partial charge on any atom is 0.121 e. The van der Waals surface area contributed by atoms with E-state index in [0.717, 1.165) is 16.7 Å². The number of nitriles is 2. The van der Waals surface area contributed by atoms with E-state index in [2.05, 4.69) is 12.1 Å². The van der Waals surface area contributed by atoms with E-state index in [9.17, 15) is 5.26 Å². The summed E-state index contributed by atoms with van der Waals surface area (Å²) in [6.45, 7) is 0.426. The van der Waals surface area contributed by atoms with Crippen LogP contribution in [0.5, 0.6) is 5.75 Å². The van der Waals surface area contributed by atoms with Gasteiger partial charge in [0, 0.05) is 0 Å². The molecule has 0 spiro atoms. The van der Waals surface area contributed by atoms with E-state index in [4.69, 9.17) is 10.00 Å². The van der Waals surface area contributed by atoms with Crippen LogP contribution in [0.15, 0.2) is 72.8 Å². The summed E-state index contributed by atoms with van der Waals surface area (Å²) >= 11 is 0. The number of benzene rings is 3. The highest BCUT2D eigenvalue weighted by molar-refractivity contribution is 5.70. The Morgan fingerprint density at radius 3 is 2.33 bits per heavy atom. The molecule has 0 aliphatic carbocycles. The summed E-state index contributed by atoms with van der Waals surface area (Å²) in [5, 5.41) is 18.1. The summed E-state index contributed by atoms with van der Waals surface area (Å²) in [6, 6.07) is 26.9. The fraction of sp³-hybridized carbons (Fsp3) is 0.0476. The predicted molar refractivity (Wildman–Crippen MR) is 92.1 cm³/mol. The van der Waals surface area contributed by atoms with E-state index < -0.39 is 0 Å². The minimum atomic E-state index is 0.426. The van der Waals surface area contributed by atoms with Gasteiger partial charge in [-0.3, -0.25) is 0 Å². The van der Waals surface area contributed by atoms with Crippen LogP contribution in [-0.2, 0) is 6.61 Å². The van der Waals surface area contributed by atoms with E-state index in [1.165, 1.54) is 0 Å². The second-order valence-corrected chi connectivity index (χ2v) is 5.28. The fourth-order valence-electron chi connectivity index (χ4n) is 2.43. The summed E-state index contributed by atoms with van der Waals surface area (Å²) in [6.07, 6.45) is 0. The average Bonchev–Trinajstić information content (AvgIpc) is 2.67. The second kappa shape index (κ2) is 7.13. The van der Waals surface area contributed by atoms with Crippen LogP contribution in [0.4, 0.5) is 0 Å². The molecule has 3 rings (SSSR count). The molecule has 3 aromatic rings. The molecule has 3 heteroatoms. The SMILES string of the molecule is N#Cc1cccc(OCc2ccc(-c3ccccc3C#N)cc2)c1. The van der Waals surface area contributed by atoms with Gasteiger partial charge in [-0.05, 0) is 41.0 Å². The first kappa shape index (κ1) is 15.3. The third kappa shape index (κ3) is 3.43. The van der Waals surface area contributed by atoms with Crippen LogP contribution in [-0.4, -0.2) is 0 Å². The van der Waals surface area contributed by atoms with Crippen LogP contribution in [0.3, 0.4) is 0 Å². The second-order valence-electron chi connectivity index (χ2n) is 5.28. The van der Waals surface area contributed by atoms with Crippen molar-refractivity contribution in [3.8, 4) is 29.0 Å². The lowest BCUT2D eigenvalue weighted by Crippen LogP contribution is -1.95. The van der Waals surface area contributed by atoms with Crippen molar-refractivity contribution in [2.45, 2.75) is 6.61 Å². The largest absolute Gasteiger partial charge is 0.489 e. The number of hydrogen-bond acceptors (Lipinski definition) is 3. The molecule has 0 amide bonds. The summed E-state index contributed by atoms with van der Waals surface area (Å²) in [7, 11) is 0. The van der Waals surface area contributed by atoms with E-state index in [1.807, 2.05) is 54.6 Å². The minimum absolute atomic E-state index is 0.426. The third-order valence-electron chi connectivity index (χ3n) is 3.68. The Bertz CT molecular complexity index is 931. The molecule has 0 heterocycles. The van der Waals surface area contributed by atoms with Gasteiger partial charge in [0.15, 0.2) is 0 Å². The molecule has 0 atom stereocenters. The lowest BCUT2D eigenvalue weighted by Gasteiger charge is -2.08. The smallest absolute Gasteiger partial charge is 0.121 e. The zero-order valence-electron chi connectivity index (χ0n) is 12.9. The van der Waals surface area contributed by atoms with E-state index in [1.54, 1.807) is 18.2 Å². The van der Waals surface area contributed by atoms with E-state index in [0.29, 0.717) is 23.5 Å². The van der Waals surface area contributed by atoms with Crippen molar-refractivity contribution in [1.29, 1.82) is 10.5 Å². The molecule has 0 aromatic heterocycles. The van der Waals surface area contributed by atoms with Crippen molar-refractivity contribution in [2.75, 3.05) is 0 Å². The molecule has 0 unspecified atom stereocenters. The first-order valence-corrected chi connectivity index (χ1v) is 7.51. The number of hydrogen-bond donors (Lipinski definition) is 0. The molecule has 114 valence electrons. The molecule has 0 saturated heterocycles. The average molecular weight is 310 g/mol. The maximum atomic E-state index is 9.19. The van der Waals surface area contributed by atoms with Crippen LogP contribution >= 0.6 is 0 Å². The van der Waals surface area contributed by atoms with Gasteiger partial charge < -0.3 is 4.74 Å². The summed E-state index contributed by atoms with van der Waals surface area (Å²) in [5.41, 5.74) is 4.19. The number of rotatable bonds is 4. The van der Waals surface area contributed by atoms with Crippen LogP contribution in [0.2, 0.25) is 0 Å². The molecule has 0 bridgehead atoms.